The maximum atomic E-state index is 10.8. The number of carboxylic acid groups (broad SMARTS) is 1. The molecule has 0 unspecified atom stereocenters. The summed E-state index contributed by atoms with van der Waals surface area (Å²) in [5, 5.41) is 10.8. The third kappa shape index (κ3) is 2.69. The predicted octanol–water partition coefficient (Wildman–Crippen LogP) is -0.240. The minimum absolute atomic E-state index is 0.354. The number of aromatic nitrogens is 2. The third-order valence-corrected chi connectivity index (χ3v) is 3.14. The number of aryl methyl sites for hydroxylation is 1. The van der Waals surface area contributed by atoms with Crippen LogP contribution < -0.4 is 14.7 Å². The molecular formula is C12H16N3O3-. The normalized spacial score (nSPS) is 16.7. The van der Waals surface area contributed by atoms with Crippen LogP contribution in [0.3, 0.4) is 0 Å². The van der Waals surface area contributed by atoms with Gasteiger partial charge in [0, 0.05) is 36.7 Å². The summed E-state index contributed by atoms with van der Waals surface area (Å²) in [7, 11) is 1.56. The number of nitrogens with zero attached hydrogens (tertiary/aromatic N) is 3. The first-order valence-electron chi connectivity index (χ1n) is 5.95. The highest BCUT2D eigenvalue weighted by atomic mass is 16.5. The molecule has 1 fully saturated rings. The molecular weight excluding hydrogens is 234 g/mol. The maximum absolute atomic E-state index is 10.8. The van der Waals surface area contributed by atoms with E-state index >= 15 is 0 Å². The zero-order valence-corrected chi connectivity index (χ0v) is 10.5. The van der Waals surface area contributed by atoms with Gasteiger partial charge in [-0.15, -0.1) is 0 Å². The Labute approximate surface area is 106 Å². The molecule has 98 valence electrons. The lowest BCUT2D eigenvalue weighted by atomic mass is 9.97. The molecule has 6 nitrogen and oxygen atoms in total. The van der Waals surface area contributed by atoms with E-state index in [2.05, 4.69) is 9.97 Å². The second-order valence-electron chi connectivity index (χ2n) is 4.43. The highest BCUT2D eigenvalue weighted by molar-refractivity contribution is 5.68. The van der Waals surface area contributed by atoms with Crippen LogP contribution in [0.25, 0.3) is 0 Å². The van der Waals surface area contributed by atoms with Gasteiger partial charge in [-0.25, -0.2) is 4.98 Å². The van der Waals surface area contributed by atoms with Gasteiger partial charge in [-0.3, -0.25) is 0 Å². The Bertz CT molecular complexity index is 442. The number of carbonyl (C=O) groups excluding carboxylic acids is 1. The van der Waals surface area contributed by atoms with Gasteiger partial charge < -0.3 is 19.5 Å². The number of carbonyl (C=O) groups is 1. The summed E-state index contributed by atoms with van der Waals surface area (Å²) < 4.78 is 5.10. The molecule has 0 saturated carbocycles. The number of rotatable bonds is 3. The molecule has 0 aliphatic carbocycles. The smallest absolute Gasteiger partial charge is 0.228 e. The number of methoxy groups -OCH3 is 1. The number of hydrogen-bond donors (Lipinski definition) is 0. The zero-order chi connectivity index (χ0) is 13.1. The van der Waals surface area contributed by atoms with Crippen molar-refractivity contribution in [2.45, 2.75) is 19.8 Å². The van der Waals surface area contributed by atoms with Gasteiger partial charge >= 0.3 is 0 Å². The van der Waals surface area contributed by atoms with E-state index < -0.39 is 5.97 Å². The third-order valence-electron chi connectivity index (χ3n) is 3.14. The Balaban J connectivity index is 2.09. The quantitative estimate of drug-likeness (QED) is 0.736. The van der Waals surface area contributed by atoms with Crippen molar-refractivity contribution in [2.24, 2.45) is 5.92 Å². The van der Waals surface area contributed by atoms with Crippen molar-refractivity contribution < 1.29 is 14.6 Å². The lowest BCUT2D eigenvalue weighted by molar-refractivity contribution is -0.312. The van der Waals surface area contributed by atoms with Crippen molar-refractivity contribution in [1.29, 1.82) is 0 Å². The monoisotopic (exact) mass is 250 g/mol. The van der Waals surface area contributed by atoms with Crippen molar-refractivity contribution in [1.82, 2.24) is 9.97 Å². The first-order valence-corrected chi connectivity index (χ1v) is 5.95. The zero-order valence-electron chi connectivity index (χ0n) is 10.5. The fourth-order valence-electron chi connectivity index (χ4n) is 2.09. The summed E-state index contributed by atoms with van der Waals surface area (Å²) >= 11 is 0. The molecule has 0 radical (unpaired) electrons. The Morgan fingerprint density at radius 1 is 1.44 bits per heavy atom. The summed E-state index contributed by atoms with van der Waals surface area (Å²) in [6.07, 6.45) is 1.14. The fraction of sp³-hybridized carbons (Fsp3) is 0.583. The van der Waals surface area contributed by atoms with E-state index in [1.807, 2.05) is 11.8 Å². The number of ether oxygens (including phenoxy) is 1. The molecule has 2 heterocycles. The fourth-order valence-corrected chi connectivity index (χ4v) is 2.09. The van der Waals surface area contributed by atoms with Gasteiger partial charge in [0.1, 0.15) is 0 Å². The topological polar surface area (TPSA) is 78.4 Å². The second-order valence-corrected chi connectivity index (χ2v) is 4.43. The van der Waals surface area contributed by atoms with E-state index in [-0.39, 0.29) is 5.92 Å². The standard InChI is InChI=1S/C12H17N3O3/c1-8-7-10(18-2)14-12(13-8)15-5-3-9(4-6-15)11(16)17/h7,9H,3-6H2,1-2H3,(H,16,17)/p-1. The molecule has 0 aromatic carbocycles. The Morgan fingerprint density at radius 2 is 2.11 bits per heavy atom. The minimum atomic E-state index is -0.961. The Morgan fingerprint density at radius 3 is 2.67 bits per heavy atom. The van der Waals surface area contributed by atoms with Crippen molar-refractivity contribution in [3.8, 4) is 5.88 Å². The van der Waals surface area contributed by atoms with Crippen molar-refractivity contribution in [2.75, 3.05) is 25.1 Å². The number of piperidine rings is 1. The number of anilines is 1. The second kappa shape index (κ2) is 5.20. The van der Waals surface area contributed by atoms with Crippen LogP contribution in [0.4, 0.5) is 5.95 Å². The first kappa shape index (κ1) is 12.6. The average Bonchev–Trinajstić information content (AvgIpc) is 2.38. The molecule has 0 atom stereocenters. The molecule has 1 saturated heterocycles. The van der Waals surface area contributed by atoms with E-state index in [0.717, 1.165) is 5.69 Å². The van der Waals surface area contributed by atoms with E-state index in [1.165, 1.54) is 0 Å². The number of hydrogen-bond acceptors (Lipinski definition) is 6. The summed E-state index contributed by atoms with van der Waals surface area (Å²) in [4.78, 5) is 21.4. The van der Waals surface area contributed by atoms with Gasteiger partial charge in [0.15, 0.2) is 0 Å². The van der Waals surface area contributed by atoms with E-state index in [0.29, 0.717) is 37.8 Å². The molecule has 0 N–H and O–H groups in total. The van der Waals surface area contributed by atoms with Crippen molar-refractivity contribution in [3.63, 3.8) is 0 Å². The molecule has 0 spiro atoms. The highest BCUT2D eigenvalue weighted by Gasteiger charge is 2.22. The van der Waals surface area contributed by atoms with Crippen LogP contribution in [0.5, 0.6) is 5.88 Å². The number of aliphatic carboxylic acids is 1. The minimum Gasteiger partial charge on any atom is -0.550 e. The van der Waals surface area contributed by atoms with Gasteiger partial charge in [-0.2, -0.15) is 4.98 Å². The Kier molecular flexibility index (Phi) is 3.64. The molecule has 1 aliphatic rings. The van der Waals surface area contributed by atoms with Gasteiger partial charge in [0.05, 0.1) is 7.11 Å². The predicted molar refractivity (Wildman–Crippen MR) is 63.3 cm³/mol. The maximum Gasteiger partial charge on any atom is 0.228 e. The molecule has 2 rings (SSSR count). The van der Waals surface area contributed by atoms with Gasteiger partial charge in [-0.05, 0) is 19.8 Å². The lowest BCUT2D eigenvalue weighted by Crippen LogP contribution is -2.41. The van der Waals surface area contributed by atoms with Crippen LogP contribution in [0.15, 0.2) is 6.07 Å². The van der Waals surface area contributed by atoms with Crippen molar-refractivity contribution >= 4 is 11.9 Å². The van der Waals surface area contributed by atoms with Gasteiger partial charge in [-0.1, -0.05) is 0 Å². The van der Waals surface area contributed by atoms with Crippen LogP contribution in [0.2, 0.25) is 0 Å². The molecule has 6 heteroatoms. The largest absolute Gasteiger partial charge is 0.550 e. The molecule has 1 aliphatic heterocycles. The molecule has 0 bridgehead atoms. The SMILES string of the molecule is COc1cc(C)nc(N2CCC(C(=O)[O-])CC2)n1. The number of carboxylic acids is 1. The van der Waals surface area contributed by atoms with Crippen LogP contribution in [0.1, 0.15) is 18.5 Å². The van der Waals surface area contributed by atoms with E-state index in [9.17, 15) is 9.90 Å². The Hall–Kier alpha value is -1.85. The summed E-state index contributed by atoms with van der Waals surface area (Å²) in [5.74, 6) is -0.187. The van der Waals surface area contributed by atoms with Gasteiger partial charge in [0.25, 0.3) is 0 Å². The molecule has 1 aromatic heterocycles. The first-order chi connectivity index (χ1) is 8.60. The average molecular weight is 250 g/mol. The summed E-state index contributed by atoms with van der Waals surface area (Å²) in [5.41, 5.74) is 0.832. The van der Waals surface area contributed by atoms with Crippen LogP contribution in [-0.4, -0.2) is 36.1 Å². The molecule has 18 heavy (non-hydrogen) atoms. The van der Waals surface area contributed by atoms with E-state index in [4.69, 9.17) is 4.74 Å². The summed E-state index contributed by atoms with van der Waals surface area (Å²) in [6, 6.07) is 1.76. The lowest BCUT2D eigenvalue weighted by Gasteiger charge is -2.32. The summed E-state index contributed by atoms with van der Waals surface area (Å²) in [6.45, 7) is 3.14. The molecule has 0 amide bonds. The van der Waals surface area contributed by atoms with Crippen LogP contribution in [-0.2, 0) is 4.79 Å². The van der Waals surface area contributed by atoms with Crippen molar-refractivity contribution in [3.05, 3.63) is 11.8 Å². The van der Waals surface area contributed by atoms with Gasteiger partial charge in [0.2, 0.25) is 11.8 Å². The highest BCUT2D eigenvalue weighted by Crippen LogP contribution is 2.22. The van der Waals surface area contributed by atoms with Crippen LogP contribution in [0, 0.1) is 12.8 Å². The van der Waals surface area contributed by atoms with Crippen LogP contribution >= 0.6 is 0 Å². The molecule has 1 aromatic rings. The van der Waals surface area contributed by atoms with E-state index in [1.54, 1.807) is 13.2 Å².